The Bertz CT molecular complexity index is 324. The number of nitrogens with one attached hydrogen (secondary N) is 1. The van der Waals surface area contributed by atoms with Crippen LogP contribution < -0.4 is 5.32 Å². The Balaban J connectivity index is 1.92. The van der Waals surface area contributed by atoms with Crippen molar-refractivity contribution in [3.8, 4) is 0 Å². The van der Waals surface area contributed by atoms with Crippen LogP contribution in [0.3, 0.4) is 0 Å². The van der Waals surface area contributed by atoms with Crippen molar-refractivity contribution < 1.29 is 0 Å². The summed E-state index contributed by atoms with van der Waals surface area (Å²) in [4.78, 5) is 4.20. The van der Waals surface area contributed by atoms with E-state index in [1.807, 2.05) is 13.1 Å². The topological polar surface area (TPSA) is 24.9 Å². The molecule has 1 aromatic heterocycles. The molecule has 0 atom stereocenters. The number of aryl methyl sites for hydroxylation is 1. The first-order valence-electron chi connectivity index (χ1n) is 5.91. The molecule has 0 spiro atoms. The lowest BCUT2D eigenvalue weighted by Crippen LogP contribution is -2.35. The summed E-state index contributed by atoms with van der Waals surface area (Å²) in [5.41, 5.74) is 2.87. The Hall–Kier alpha value is -1.05. The smallest absolute Gasteiger partial charge is 0.0393 e. The molecule has 1 saturated carbocycles. The van der Waals surface area contributed by atoms with E-state index in [0.29, 0.717) is 5.41 Å². The van der Waals surface area contributed by atoms with Crippen molar-refractivity contribution in [1.82, 2.24) is 4.98 Å². The number of anilines is 1. The third kappa shape index (κ3) is 2.31. The minimum absolute atomic E-state index is 0.581. The van der Waals surface area contributed by atoms with Crippen LogP contribution in [0.5, 0.6) is 0 Å². The second-order valence-electron chi connectivity index (χ2n) is 4.75. The van der Waals surface area contributed by atoms with E-state index in [-0.39, 0.29) is 0 Å². The molecule has 1 N–H and O–H groups in total. The number of nitrogens with zero attached hydrogens (tertiary/aromatic N) is 1. The highest BCUT2D eigenvalue weighted by atomic mass is 14.9. The van der Waals surface area contributed by atoms with E-state index in [9.17, 15) is 0 Å². The third-order valence-corrected chi connectivity index (χ3v) is 3.73. The van der Waals surface area contributed by atoms with Crippen molar-refractivity contribution in [2.24, 2.45) is 5.41 Å². The van der Waals surface area contributed by atoms with Crippen molar-refractivity contribution >= 4 is 5.69 Å². The zero-order valence-corrected chi connectivity index (χ0v) is 9.71. The van der Waals surface area contributed by atoms with Gasteiger partial charge in [0.2, 0.25) is 0 Å². The number of hydrogen-bond acceptors (Lipinski definition) is 2. The summed E-state index contributed by atoms with van der Waals surface area (Å²) in [6.45, 7) is 5.45. The highest BCUT2D eigenvalue weighted by Crippen LogP contribution is 2.43. The number of rotatable bonds is 4. The van der Waals surface area contributed by atoms with E-state index in [0.717, 1.165) is 12.2 Å². The van der Waals surface area contributed by atoms with Crippen molar-refractivity contribution in [3.05, 3.63) is 24.0 Å². The predicted octanol–water partition coefficient (Wildman–Crippen LogP) is 3.38. The van der Waals surface area contributed by atoms with Crippen LogP contribution in [0.4, 0.5) is 5.69 Å². The fourth-order valence-corrected chi connectivity index (χ4v) is 2.28. The summed E-state index contributed by atoms with van der Waals surface area (Å²) in [5.74, 6) is 0. The molecular formula is C13H20N2. The zero-order chi connectivity index (χ0) is 10.7. The van der Waals surface area contributed by atoms with Gasteiger partial charge in [0, 0.05) is 24.1 Å². The summed E-state index contributed by atoms with van der Waals surface area (Å²) in [5, 5.41) is 3.54. The summed E-state index contributed by atoms with van der Waals surface area (Å²) >= 11 is 0. The summed E-state index contributed by atoms with van der Waals surface area (Å²) in [6, 6.07) is 4.16. The van der Waals surface area contributed by atoms with Gasteiger partial charge in [-0.15, -0.1) is 0 Å². The molecule has 1 fully saturated rings. The van der Waals surface area contributed by atoms with Crippen LogP contribution >= 0.6 is 0 Å². The monoisotopic (exact) mass is 204 g/mol. The summed E-state index contributed by atoms with van der Waals surface area (Å²) in [7, 11) is 0. The Labute approximate surface area is 92.1 Å². The maximum absolute atomic E-state index is 4.20. The van der Waals surface area contributed by atoms with Crippen molar-refractivity contribution in [1.29, 1.82) is 0 Å². The average Bonchev–Trinajstić information content (AvgIpc) is 2.17. The van der Waals surface area contributed by atoms with Crippen LogP contribution in [0.25, 0.3) is 0 Å². The molecular weight excluding hydrogens is 184 g/mol. The fraction of sp³-hybridized carbons (Fsp3) is 0.615. The minimum Gasteiger partial charge on any atom is -0.384 e. The Morgan fingerprint density at radius 2 is 2.27 bits per heavy atom. The second-order valence-corrected chi connectivity index (χ2v) is 4.75. The van der Waals surface area contributed by atoms with Crippen molar-refractivity contribution in [2.45, 2.75) is 39.5 Å². The van der Waals surface area contributed by atoms with Crippen LogP contribution in [-0.4, -0.2) is 11.5 Å². The van der Waals surface area contributed by atoms with E-state index < -0.39 is 0 Å². The van der Waals surface area contributed by atoms with Gasteiger partial charge in [-0.25, -0.2) is 0 Å². The summed E-state index contributed by atoms with van der Waals surface area (Å²) in [6.07, 6.45) is 7.35. The van der Waals surface area contributed by atoms with E-state index in [1.54, 1.807) is 0 Å². The van der Waals surface area contributed by atoms with E-state index in [2.05, 4.69) is 29.4 Å². The highest BCUT2D eigenvalue weighted by Gasteiger charge is 2.34. The molecule has 1 aromatic rings. The highest BCUT2D eigenvalue weighted by molar-refractivity contribution is 5.43. The van der Waals surface area contributed by atoms with Gasteiger partial charge in [0.05, 0.1) is 0 Å². The van der Waals surface area contributed by atoms with Crippen molar-refractivity contribution in [2.75, 3.05) is 11.9 Å². The Morgan fingerprint density at radius 3 is 2.80 bits per heavy atom. The fourth-order valence-electron chi connectivity index (χ4n) is 2.28. The second kappa shape index (κ2) is 4.21. The molecule has 2 heteroatoms. The van der Waals surface area contributed by atoms with Crippen LogP contribution in [0, 0.1) is 12.3 Å². The number of hydrogen-bond donors (Lipinski definition) is 1. The maximum atomic E-state index is 4.20. The molecule has 2 rings (SSSR count). The third-order valence-electron chi connectivity index (χ3n) is 3.73. The van der Waals surface area contributed by atoms with Crippen LogP contribution in [0.1, 0.15) is 38.3 Å². The molecule has 1 heterocycles. The molecule has 0 aliphatic heterocycles. The van der Waals surface area contributed by atoms with Crippen LogP contribution in [-0.2, 0) is 0 Å². The Kier molecular flexibility index (Phi) is 2.94. The van der Waals surface area contributed by atoms with E-state index in [1.165, 1.54) is 31.4 Å². The lowest BCUT2D eigenvalue weighted by molar-refractivity contribution is 0.145. The van der Waals surface area contributed by atoms with Crippen LogP contribution in [0.2, 0.25) is 0 Å². The first kappa shape index (κ1) is 10.5. The molecule has 0 bridgehead atoms. The standard InChI is InChI=1S/C13H20N2/c1-3-13(6-4-7-13)10-15-12-5-8-14-11(2)9-12/h5,8-9H,3-4,6-7,10H2,1-2H3,(H,14,15). The minimum atomic E-state index is 0.581. The summed E-state index contributed by atoms with van der Waals surface area (Å²) < 4.78 is 0. The predicted molar refractivity (Wildman–Crippen MR) is 64.0 cm³/mol. The van der Waals surface area contributed by atoms with Crippen LogP contribution in [0.15, 0.2) is 18.3 Å². The van der Waals surface area contributed by atoms with Gasteiger partial charge in [-0.2, -0.15) is 0 Å². The van der Waals surface area contributed by atoms with Gasteiger partial charge < -0.3 is 5.32 Å². The molecule has 82 valence electrons. The van der Waals surface area contributed by atoms with E-state index >= 15 is 0 Å². The number of aromatic nitrogens is 1. The van der Waals surface area contributed by atoms with Gasteiger partial charge >= 0.3 is 0 Å². The quantitative estimate of drug-likeness (QED) is 0.813. The van der Waals surface area contributed by atoms with E-state index in [4.69, 9.17) is 0 Å². The van der Waals surface area contributed by atoms with Gasteiger partial charge in [-0.3, -0.25) is 4.98 Å². The molecule has 0 unspecified atom stereocenters. The lowest BCUT2D eigenvalue weighted by Gasteiger charge is -2.41. The average molecular weight is 204 g/mol. The molecule has 1 aliphatic rings. The first-order valence-corrected chi connectivity index (χ1v) is 5.91. The maximum Gasteiger partial charge on any atom is 0.0393 e. The van der Waals surface area contributed by atoms with Gasteiger partial charge in [-0.1, -0.05) is 13.3 Å². The molecule has 15 heavy (non-hydrogen) atoms. The molecule has 0 aromatic carbocycles. The Morgan fingerprint density at radius 1 is 1.47 bits per heavy atom. The van der Waals surface area contributed by atoms with Crippen molar-refractivity contribution in [3.63, 3.8) is 0 Å². The van der Waals surface area contributed by atoms with Gasteiger partial charge in [-0.05, 0) is 43.7 Å². The molecule has 1 aliphatic carbocycles. The normalized spacial score (nSPS) is 18.3. The van der Waals surface area contributed by atoms with Gasteiger partial charge in [0.15, 0.2) is 0 Å². The molecule has 2 nitrogen and oxygen atoms in total. The molecule has 0 radical (unpaired) electrons. The zero-order valence-electron chi connectivity index (χ0n) is 9.71. The van der Waals surface area contributed by atoms with Gasteiger partial charge in [0.25, 0.3) is 0 Å². The molecule has 0 amide bonds. The van der Waals surface area contributed by atoms with Gasteiger partial charge in [0.1, 0.15) is 0 Å². The first-order chi connectivity index (χ1) is 7.24. The number of pyridine rings is 1. The molecule has 0 saturated heterocycles. The largest absolute Gasteiger partial charge is 0.384 e. The lowest BCUT2D eigenvalue weighted by atomic mass is 9.67. The SMILES string of the molecule is CCC1(CNc2ccnc(C)c2)CCC1.